The van der Waals surface area contributed by atoms with E-state index in [0.29, 0.717) is 0 Å². The van der Waals surface area contributed by atoms with Gasteiger partial charge in [-0.25, -0.2) is 0 Å². The largest absolute Gasteiger partial charge is 0.378 e. The zero-order chi connectivity index (χ0) is 26.3. The van der Waals surface area contributed by atoms with Gasteiger partial charge in [-0.3, -0.25) is 9.91 Å². The van der Waals surface area contributed by atoms with E-state index in [9.17, 15) is 0 Å². The molecule has 0 spiro atoms. The number of hydrogen-bond acceptors (Lipinski definition) is 5. The molecule has 3 aliphatic rings. The van der Waals surface area contributed by atoms with Gasteiger partial charge in [-0.1, -0.05) is 91.0 Å². The molecule has 0 radical (unpaired) electrons. The van der Waals surface area contributed by atoms with Gasteiger partial charge >= 0.3 is 0 Å². The SMILES string of the molecule is C(=N\N1CCN(C(c2ccccc2)c2ccccc2)CC1)/C1=C(N2CCOCC2)C(=C/c2ccccc2)/CC1. The van der Waals surface area contributed by atoms with Gasteiger partial charge in [0.1, 0.15) is 0 Å². The molecule has 0 aromatic heterocycles. The first-order chi connectivity index (χ1) is 19.3. The van der Waals surface area contributed by atoms with Crippen molar-refractivity contribution in [2.45, 2.75) is 18.9 Å². The van der Waals surface area contributed by atoms with E-state index in [1.54, 1.807) is 0 Å². The van der Waals surface area contributed by atoms with Crippen LogP contribution in [0.1, 0.15) is 35.6 Å². The third kappa shape index (κ3) is 6.16. The Hall–Kier alpha value is -3.67. The lowest BCUT2D eigenvalue weighted by atomic mass is 9.96. The molecular weight excluding hydrogens is 480 g/mol. The summed E-state index contributed by atoms with van der Waals surface area (Å²) in [5.74, 6) is 0. The third-order valence-corrected chi connectivity index (χ3v) is 8.00. The second-order valence-corrected chi connectivity index (χ2v) is 10.5. The minimum atomic E-state index is 0.273. The van der Waals surface area contributed by atoms with Gasteiger partial charge in [0, 0.05) is 45.0 Å². The Morgan fingerprint density at radius 1 is 0.667 bits per heavy atom. The Balaban J connectivity index is 1.18. The Bertz CT molecular complexity index is 1250. The molecule has 0 unspecified atom stereocenters. The number of hydrazone groups is 1. The summed E-state index contributed by atoms with van der Waals surface area (Å²) < 4.78 is 5.67. The Morgan fingerprint density at radius 2 is 1.26 bits per heavy atom. The average Bonchev–Trinajstić information content (AvgIpc) is 3.41. The van der Waals surface area contributed by atoms with Gasteiger partial charge in [0.05, 0.1) is 25.5 Å². The van der Waals surface area contributed by atoms with Crippen molar-refractivity contribution in [3.63, 3.8) is 0 Å². The number of morpholine rings is 1. The summed E-state index contributed by atoms with van der Waals surface area (Å²) in [7, 11) is 0. The van der Waals surface area contributed by atoms with Crippen LogP contribution < -0.4 is 0 Å². The molecule has 0 N–H and O–H groups in total. The van der Waals surface area contributed by atoms with Gasteiger partial charge in [-0.2, -0.15) is 5.10 Å². The van der Waals surface area contributed by atoms with E-state index in [4.69, 9.17) is 9.84 Å². The van der Waals surface area contributed by atoms with Crippen LogP contribution in [0.15, 0.2) is 113 Å². The van der Waals surface area contributed by atoms with Crippen LogP contribution in [-0.2, 0) is 4.74 Å². The molecule has 0 atom stereocenters. The van der Waals surface area contributed by atoms with E-state index in [1.165, 1.54) is 33.5 Å². The predicted octanol–water partition coefficient (Wildman–Crippen LogP) is 5.84. The number of nitrogens with zero attached hydrogens (tertiary/aromatic N) is 4. The summed E-state index contributed by atoms with van der Waals surface area (Å²) in [6.45, 7) is 7.30. The van der Waals surface area contributed by atoms with Crippen LogP contribution in [0, 0.1) is 0 Å². The van der Waals surface area contributed by atoms with Crippen molar-refractivity contribution in [1.29, 1.82) is 0 Å². The number of hydrogen-bond donors (Lipinski definition) is 0. The van der Waals surface area contributed by atoms with Gasteiger partial charge in [0.15, 0.2) is 0 Å². The lowest BCUT2D eigenvalue weighted by Crippen LogP contribution is -2.46. The van der Waals surface area contributed by atoms with Crippen LogP contribution in [0.25, 0.3) is 6.08 Å². The second kappa shape index (κ2) is 12.5. The first kappa shape index (κ1) is 25.6. The molecule has 0 saturated carbocycles. The fourth-order valence-electron chi connectivity index (χ4n) is 6.04. The van der Waals surface area contributed by atoms with Gasteiger partial charge in [-0.15, -0.1) is 0 Å². The van der Waals surface area contributed by atoms with Crippen LogP contribution in [-0.4, -0.2) is 73.5 Å². The second-order valence-electron chi connectivity index (χ2n) is 10.5. The van der Waals surface area contributed by atoms with Gasteiger partial charge in [0.25, 0.3) is 0 Å². The summed E-state index contributed by atoms with van der Waals surface area (Å²) in [5, 5.41) is 7.29. The van der Waals surface area contributed by atoms with E-state index >= 15 is 0 Å². The molecule has 3 aromatic carbocycles. The fraction of sp³-hybridized carbons (Fsp3) is 0.324. The van der Waals surface area contributed by atoms with Crippen molar-refractivity contribution < 1.29 is 4.74 Å². The third-order valence-electron chi connectivity index (χ3n) is 8.00. The highest BCUT2D eigenvalue weighted by molar-refractivity contribution is 5.83. The van der Waals surface area contributed by atoms with Crippen LogP contribution in [0.4, 0.5) is 0 Å². The lowest BCUT2D eigenvalue weighted by Gasteiger charge is -2.38. The molecule has 2 heterocycles. The molecule has 1 aliphatic carbocycles. The van der Waals surface area contributed by atoms with E-state index in [1.807, 2.05) is 0 Å². The zero-order valence-electron chi connectivity index (χ0n) is 22.7. The summed E-state index contributed by atoms with van der Waals surface area (Å²) in [6, 6.07) is 32.7. The van der Waals surface area contributed by atoms with Crippen LogP contribution in [0.2, 0.25) is 0 Å². The minimum Gasteiger partial charge on any atom is -0.378 e. The van der Waals surface area contributed by atoms with Crippen molar-refractivity contribution in [1.82, 2.24) is 14.8 Å². The molecule has 3 aromatic rings. The zero-order valence-corrected chi connectivity index (χ0v) is 22.7. The molecule has 2 fully saturated rings. The highest BCUT2D eigenvalue weighted by Gasteiger charge is 2.27. The van der Waals surface area contributed by atoms with E-state index < -0.39 is 0 Å². The van der Waals surface area contributed by atoms with Crippen molar-refractivity contribution >= 4 is 12.3 Å². The number of piperazine rings is 1. The summed E-state index contributed by atoms with van der Waals surface area (Å²) in [4.78, 5) is 5.11. The molecule has 2 aliphatic heterocycles. The van der Waals surface area contributed by atoms with Crippen LogP contribution in [0.3, 0.4) is 0 Å². The average molecular weight is 519 g/mol. The van der Waals surface area contributed by atoms with Crippen molar-refractivity contribution in [3.8, 4) is 0 Å². The monoisotopic (exact) mass is 518 g/mol. The fourth-order valence-corrected chi connectivity index (χ4v) is 6.04. The summed E-state index contributed by atoms with van der Waals surface area (Å²) in [6.07, 6.45) is 6.61. The van der Waals surface area contributed by atoms with Crippen molar-refractivity contribution in [2.24, 2.45) is 5.10 Å². The minimum absolute atomic E-state index is 0.273. The molecule has 2 saturated heterocycles. The first-order valence-electron chi connectivity index (χ1n) is 14.3. The van der Waals surface area contributed by atoms with E-state index in [2.05, 4.69) is 118 Å². The number of allylic oxidation sites excluding steroid dienone is 2. The maximum atomic E-state index is 5.67. The molecule has 5 heteroatoms. The Kier molecular flexibility index (Phi) is 8.18. The molecule has 6 rings (SSSR count). The highest BCUT2D eigenvalue weighted by Crippen LogP contribution is 2.35. The lowest BCUT2D eigenvalue weighted by molar-refractivity contribution is 0.0548. The van der Waals surface area contributed by atoms with Crippen molar-refractivity contribution in [2.75, 3.05) is 52.5 Å². The molecule has 0 bridgehead atoms. The van der Waals surface area contributed by atoms with Gasteiger partial charge < -0.3 is 9.64 Å². The quantitative estimate of drug-likeness (QED) is 0.368. The first-order valence-corrected chi connectivity index (χ1v) is 14.3. The molecule has 5 nitrogen and oxygen atoms in total. The van der Waals surface area contributed by atoms with E-state index in [-0.39, 0.29) is 6.04 Å². The Labute approximate surface area is 232 Å². The number of rotatable bonds is 7. The molecule has 200 valence electrons. The maximum Gasteiger partial charge on any atom is 0.0642 e. The highest BCUT2D eigenvalue weighted by atomic mass is 16.5. The number of benzene rings is 3. The van der Waals surface area contributed by atoms with Crippen LogP contribution in [0.5, 0.6) is 0 Å². The topological polar surface area (TPSA) is 31.3 Å². The van der Waals surface area contributed by atoms with Crippen molar-refractivity contribution in [3.05, 3.63) is 125 Å². The maximum absolute atomic E-state index is 5.67. The predicted molar refractivity (Wildman–Crippen MR) is 159 cm³/mol. The standard InChI is InChI=1S/C34H38N4O/c1-4-10-28(11-5-1)26-31-16-17-32(34(31)37-22-24-39-25-23-37)27-35-38-20-18-36(19-21-38)33(29-12-6-2-7-13-29)30-14-8-3-9-15-30/h1-15,26-27,33H,16-25H2/b31-26+,35-27+. The van der Waals surface area contributed by atoms with Gasteiger partial charge in [-0.05, 0) is 46.8 Å². The smallest absolute Gasteiger partial charge is 0.0642 e. The summed E-state index contributed by atoms with van der Waals surface area (Å²) in [5.41, 5.74) is 8.11. The number of ether oxygens (including phenoxy) is 1. The Morgan fingerprint density at radius 3 is 1.87 bits per heavy atom. The van der Waals surface area contributed by atoms with Crippen LogP contribution >= 0.6 is 0 Å². The molecule has 39 heavy (non-hydrogen) atoms. The van der Waals surface area contributed by atoms with E-state index in [0.717, 1.165) is 65.3 Å². The molecule has 0 amide bonds. The normalized spacial score (nSPS) is 20.1. The summed E-state index contributed by atoms with van der Waals surface area (Å²) >= 11 is 0. The molecular formula is C34H38N4O. The van der Waals surface area contributed by atoms with Gasteiger partial charge in [0.2, 0.25) is 0 Å².